The van der Waals surface area contributed by atoms with Crippen molar-refractivity contribution in [2.24, 2.45) is 0 Å². The maximum Gasteiger partial charge on any atom is 0.405 e. The number of nitrogens with zero attached hydrogens (tertiary/aromatic N) is 2. The third-order valence-corrected chi connectivity index (χ3v) is 4.83. The van der Waals surface area contributed by atoms with E-state index in [4.69, 9.17) is 9.47 Å². The predicted octanol–water partition coefficient (Wildman–Crippen LogP) is 2.63. The molecule has 158 valence electrons. The van der Waals surface area contributed by atoms with E-state index in [-0.39, 0.29) is 11.3 Å². The summed E-state index contributed by atoms with van der Waals surface area (Å²) in [6.07, 6.45) is 3.16. The summed E-state index contributed by atoms with van der Waals surface area (Å²) in [5.41, 5.74) is 0.497. The van der Waals surface area contributed by atoms with Crippen molar-refractivity contribution < 1.29 is 28.4 Å². The second kappa shape index (κ2) is 9.21. The molecule has 7 nitrogen and oxygen atoms in total. The van der Waals surface area contributed by atoms with Gasteiger partial charge in [-0.25, -0.2) is 9.59 Å². The molecule has 0 aliphatic rings. The summed E-state index contributed by atoms with van der Waals surface area (Å²) in [7, 11) is 6.09. The van der Waals surface area contributed by atoms with Crippen LogP contribution in [0.5, 0.6) is 0 Å². The highest BCUT2D eigenvalue weighted by molar-refractivity contribution is 6.33. The molecule has 2 aromatic carbocycles. The van der Waals surface area contributed by atoms with Crippen molar-refractivity contribution >= 4 is 39.9 Å². The SMILES string of the molecule is COC(=O)/C(C(=O)c1ccc2ccccc2c1)=C(/C(=O)OC)[n+]1ccc(N(C)C)cc1. The average molecular weight is 419 g/mol. The molecule has 0 fully saturated rings. The van der Waals surface area contributed by atoms with Crippen LogP contribution in [0.25, 0.3) is 16.5 Å². The summed E-state index contributed by atoms with van der Waals surface area (Å²) < 4.78 is 11.1. The number of ketones is 1. The zero-order valence-corrected chi connectivity index (χ0v) is 17.8. The molecule has 7 heteroatoms. The molecule has 0 amide bonds. The highest BCUT2D eigenvalue weighted by atomic mass is 16.5. The standard InChI is InChI=1S/C24H23N2O5/c1-25(2)19-11-13-26(14-12-19)21(24(29)31-4)20(23(28)30-3)22(27)18-10-9-16-7-5-6-8-17(16)15-18/h5-15H,1-4H3/q+1/b21-20-. The number of carbonyl (C=O) groups is 3. The average Bonchev–Trinajstić information content (AvgIpc) is 2.80. The third-order valence-electron chi connectivity index (χ3n) is 4.83. The number of methoxy groups -OCH3 is 2. The molecule has 0 aliphatic carbocycles. The monoisotopic (exact) mass is 419 g/mol. The van der Waals surface area contributed by atoms with Crippen molar-refractivity contribution in [3.63, 3.8) is 0 Å². The second-order valence-electron chi connectivity index (χ2n) is 6.96. The van der Waals surface area contributed by atoms with Gasteiger partial charge in [0.25, 0.3) is 0 Å². The summed E-state index contributed by atoms with van der Waals surface area (Å²) in [6.45, 7) is 0. The normalized spacial score (nSPS) is 11.5. The minimum absolute atomic E-state index is 0.224. The zero-order valence-electron chi connectivity index (χ0n) is 17.8. The number of benzene rings is 2. The van der Waals surface area contributed by atoms with Gasteiger partial charge in [-0.15, -0.1) is 0 Å². The Hall–Kier alpha value is -4.00. The maximum atomic E-state index is 13.4. The Balaban J connectivity index is 2.22. The Morgan fingerprint density at radius 2 is 1.42 bits per heavy atom. The van der Waals surface area contributed by atoms with Crippen LogP contribution in [0.3, 0.4) is 0 Å². The molecule has 0 aliphatic heterocycles. The van der Waals surface area contributed by atoms with Crippen molar-refractivity contribution in [3.8, 4) is 0 Å². The molecule has 0 saturated heterocycles. The van der Waals surface area contributed by atoms with Gasteiger partial charge in [-0.1, -0.05) is 36.4 Å². The Bertz CT molecular complexity index is 1180. The summed E-state index contributed by atoms with van der Waals surface area (Å²) in [4.78, 5) is 40.6. The number of ether oxygens (including phenoxy) is 2. The molecule has 1 heterocycles. The van der Waals surface area contributed by atoms with Gasteiger partial charge in [0.05, 0.1) is 14.2 Å². The van der Waals surface area contributed by atoms with E-state index in [0.29, 0.717) is 0 Å². The van der Waals surface area contributed by atoms with Gasteiger partial charge in [0.15, 0.2) is 18.0 Å². The van der Waals surface area contributed by atoms with Crippen LogP contribution in [0.1, 0.15) is 10.4 Å². The van der Waals surface area contributed by atoms with E-state index in [0.717, 1.165) is 23.6 Å². The number of aromatic nitrogens is 1. The van der Waals surface area contributed by atoms with Gasteiger partial charge in [-0.2, -0.15) is 4.57 Å². The second-order valence-corrected chi connectivity index (χ2v) is 6.96. The molecule has 0 bridgehead atoms. The molecular formula is C24H23N2O5+. The molecule has 0 radical (unpaired) electrons. The van der Waals surface area contributed by atoms with Crippen molar-refractivity contribution in [3.05, 3.63) is 78.1 Å². The van der Waals surface area contributed by atoms with Crippen molar-refractivity contribution in [2.75, 3.05) is 33.2 Å². The highest BCUT2D eigenvalue weighted by Gasteiger charge is 2.36. The molecule has 0 spiro atoms. The van der Waals surface area contributed by atoms with E-state index in [1.165, 1.54) is 11.7 Å². The Kier molecular flexibility index (Phi) is 6.45. The van der Waals surface area contributed by atoms with Gasteiger partial charge in [-0.3, -0.25) is 4.79 Å². The third kappa shape index (κ3) is 4.45. The van der Waals surface area contributed by atoms with Crippen LogP contribution in [0.4, 0.5) is 5.69 Å². The molecule has 0 saturated carbocycles. The number of hydrogen-bond acceptors (Lipinski definition) is 6. The number of fused-ring (bicyclic) bond motifs is 1. The molecule has 3 rings (SSSR count). The van der Waals surface area contributed by atoms with E-state index in [2.05, 4.69) is 0 Å². The van der Waals surface area contributed by atoms with Gasteiger partial charge in [-0.05, 0) is 16.8 Å². The summed E-state index contributed by atoms with van der Waals surface area (Å²) >= 11 is 0. The van der Waals surface area contributed by atoms with Gasteiger partial charge in [0, 0.05) is 37.5 Å². The van der Waals surface area contributed by atoms with Crippen LogP contribution in [-0.4, -0.2) is 46.0 Å². The Morgan fingerprint density at radius 1 is 0.806 bits per heavy atom. The van der Waals surface area contributed by atoms with Gasteiger partial charge < -0.3 is 14.4 Å². The van der Waals surface area contributed by atoms with Gasteiger partial charge in [0.2, 0.25) is 5.78 Å². The van der Waals surface area contributed by atoms with Crippen molar-refractivity contribution in [2.45, 2.75) is 0 Å². The number of pyridine rings is 1. The molecule has 0 atom stereocenters. The molecule has 0 unspecified atom stereocenters. The number of carbonyl (C=O) groups excluding carboxylic acids is 3. The lowest BCUT2D eigenvalue weighted by Gasteiger charge is -2.12. The van der Waals surface area contributed by atoms with Crippen LogP contribution < -0.4 is 9.47 Å². The Morgan fingerprint density at radius 3 is 2.00 bits per heavy atom. The fourth-order valence-electron chi connectivity index (χ4n) is 3.17. The minimum atomic E-state index is -0.928. The van der Waals surface area contributed by atoms with Crippen LogP contribution in [0.15, 0.2) is 72.6 Å². The van der Waals surface area contributed by atoms with E-state index < -0.39 is 23.3 Å². The lowest BCUT2D eigenvalue weighted by Crippen LogP contribution is -2.40. The first-order valence-electron chi connectivity index (χ1n) is 9.50. The number of Topliss-reactive ketones (excluding diaryl/α,β-unsaturated/α-hetero) is 1. The van der Waals surface area contributed by atoms with Gasteiger partial charge >= 0.3 is 17.6 Å². The number of anilines is 1. The maximum absolute atomic E-state index is 13.4. The predicted molar refractivity (Wildman–Crippen MR) is 116 cm³/mol. The number of rotatable bonds is 6. The molecule has 1 aromatic heterocycles. The van der Waals surface area contributed by atoms with E-state index in [1.54, 1.807) is 42.7 Å². The molecular weight excluding hydrogens is 396 g/mol. The molecule has 31 heavy (non-hydrogen) atoms. The fourth-order valence-corrected chi connectivity index (χ4v) is 3.17. The van der Waals surface area contributed by atoms with Crippen LogP contribution in [0, 0.1) is 0 Å². The lowest BCUT2D eigenvalue weighted by atomic mass is 9.98. The van der Waals surface area contributed by atoms with E-state index >= 15 is 0 Å². The quantitative estimate of drug-likeness (QED) is 0.153. The molecule has 3 aromatic rings. The van der Waals surface area contributed by atoms with Gasteiger partial charge in [0.1, 0.15) is 0 Å². The minimum Gasteiger partial charge on any atom is -0.465 e. The Labute approximate surface area is 180 Å². The van der Waals surface area contributed by atoms with E-state index in [9.17, 15) is 14.4 Å². The van der Waals surface area contributed by atoms with Crippen LogP contribution in [0.2, 0.25) is 0 Å². The van der Waals surface area contributed by atoms with Crippen molar-refractivity contribution in [1.82, 2.24) is 0 Å². The smallest absolute Gasteiger partial charge is 0.405 e. The highest BCUT2D eigenvalue weighted by Crippen LogP contribution is 2.21. The first-order valence-corrected chi connectivity index (χ1v) is 9.50. The largest absolute Gasteiger partial charge is 0.465 e. The fraction of sp³-hybridized carbons (Fsp3) is 0.167. The topological polar surface area (TPSA) is 76.8 Å². The lowest BCUT2D eigenvalue weighted by molar-refractivity contribution is -0.578. The first kappa shape index (κ1) is 21.7. The van der Waals surface area contributed by atoms with Crippen molar-refractivity contribution in [1.29, 1.82) is 0 Å². The van der Waals surface area contributed by atoms with E-state index in [1.807, 2.05) is 43.3 Å². The summed E-state index contributed by atoms with van der Waals surface area (Å²) in [6, 6.07) is 16.1. The molecule has 0 N–H and O–H groups in total. The summed E-state index contributed by atoms with van der Waals surface area (Å²) in [5, 5.41) is 1.78. The van der Waals surface area contributed by atoms with Crippen LogP contribution >= 0.6 is 0 Å². The van der Waals surface area contributed by atoms with Crippen LogP contribution in [-0.2, 0) is 19.1 Å². The number of hydrogen-bond donors (Lipinski definition) is 0. The number of esters is 2. The zero-order chi connectivity index (χ0) is 22.5. The first-order chi connectivity index (χ1) is 14.9. The summed E-state index contributed by atoms with van der Waals surface area (Å²) in [5.74, 6) is -2.40.